The molecule has 0 unspecified atom stereocenters. The van der Waals surface area contributed by atoms with Crippen molar-refractivity contribution in [3.05, 3.63) is 158 Å². The summed E-state index contributed by atoms with van der Waals surface area (Å²) >= 11 is 1.77. The van der Waals surface area contributed by atoms with E-state index in [1.165, 1.54) is 109 Å². The molecule has 13 aromatic rings. The first-order chi connectivity index (χ1) is 26.3. The Morgan fingerprint density at radius 2 is 1.19 bits per heavy atom. The number of aromatic nitrogens is 4. The first-order valence-corrected chi connectivity index (χ1v) is 18.8. The highest BCUT2D eigenvalue weighted by atomic mass is 32.1. The van der Waals surface area contributed by atoms with Crippen LogP contribution < -0.4 is 0 Å². The van der Waals surface area contributed by atoms with Crippen LogP contribution in [0.4, 0.5) is 0 Å². The van der Waals surface area contributed by atoms with Gasteiger partial charge in [0.2, 0.25) is 0 Å². The Balaban J connectivity index is 1.28. The van der Waals surface area contributed by atoms with Crippen molar-refractivity contribution in [1.29, 1.82) is 0 Å². The van der Waals surface area contributed by atoms with Crippen LogP contribution in [0.3, 0.4) is 0 Å². The highest BCUT2D eigenvalue weighted by Crippen LogP contribution is 2.53. The number of hydrogen-bond donors (Lipinski definition) is 0. The van der Waals surface area contributed by atoms with Gasteiger partial charge in [-0.3, -0.25) is 0 Å². The molecular weight excluding hydrogens is 665 g/mol. The Labute approximate surface area is 306 Å². The lowest BCUT2D eigenvalue weighted by molar-refractivity contribution is 1.20. The Morgan fingerprint density at radius 1 is 0.472 bits per heavy atom. The van der Waals surface area contributed by atoms with Gasteiger partial charge in [-0.1, -0.05) is 121 Å². The molecule has 0 saturated heterocycles. The summed E-state index contributed by atoms with van der Waals surface area (Å²) in [6, 6.07) is 53.6. The summed E-state index contributed by atoms with van der Waals surface area (Å²) in [6.45, 7) is 0. The molecule has 53 heavy (non-hydrogen) atoms. The Hall–Kier alpha value is -6.82. The summed E-state index contributed by atoms with van der Waals surface area (Å²) < 4.78 is 6.34. The number of nitrogens with zero attached hydrogens (tertiary/aromatic N) is 4. The molecule has 8 aromatic carbocycles. The minimum atomic E-state index is 1.00. The molecule has 0 radical (unpaired) electrons. The van der Waals surface area contributed by atoms with Crippen molar-refractivity contribution in [2.75, 3.05) is 0 Å². The molecule has 5 aromatic heterocycles. The fourth-order valence-corrected chi connectivity index (χ4v) is 10.6. The highest BCUT2D eigenvalue weighted by Gasteiger charge is 2.30. The van der Waals surface area contributed by atoms with Crippen LogP contribution in [0.25, 0.3) is 119 Å². The number of benzene rings is 8. The van der Waals surface area contributed by atoms with E-state index in [0.29, 0.717) is 0 Å². The zero-order chi connectivity index (χ0) is 34.4. The monoisotopic (exact) mass is 690 g/mol. The standard InChI is InChI=1S/C48H26N4S/c1-2-11-28(12-3-1)31-21-22-33(47-42(31)36-25-49-26-50-48(36)53-47)35-24-40-44-43-39(51(40)37-20-10-15-27-13-4-6-16-30(27)37)23-29-14-5-7-17-32(29)45(43)52-38-19-9-8-18-34(38)41(35)46(44)52/h1-26H. The average molecular weight is 691 g/mol. The van der Waals surface area contributed by atoms with Gasteiger partial charge in [0.1, 0.15) is 11.2 Å². The van der Waals surface area contributed by atoms with Crippen LogP contribution in [0.15, 0.2) is 158 Å². The van der Waals surface area contributed by atoms with E-state index in [4.69, 9.17) is 4.98 Å². The van der Waals surface area contributed by atoms with E-state index < -0.39 is 0 Å². The minimum Gasteiger partial charge on any atom is -0.308 e. The number of para-hydroxylation sites is 1. The van der Waals surface area contributed by atoms with E-state index in [-0.39, 0.29) is 0 Å². The predicted molar refractivity (Wildman–Crippen MR) is 223 cm³/mol. The van der Waals surface area contributed by atoms with Crippen LogP contribution in [-0.4, -0.2) is 18.9 Å². The van der Waals surface area contributed by atoms with Crippen molar-refractivity contribution in [1.82, 2.24) is 18.9 Å². The van der Waals surface area contributed by atoms with E-state index in [1.807, 2.05) is 6.20 Å². The first kappa shape index (κ1) is 27.8. The van der Waals surface area contributed by atoms with Gasteiger partial charge in [0.25, 0.3) is 0 Å². The minimum absolute atomic E-state index is 1.00. The molecule has 4 nitrogen and oxygen atoms in total. The number of thiophene rings is 1. The van der Waals surface area contributed by atoms with Gasteiger partial charge in [-0.15, -0.1) is 11.3 Å². The zero-order valence-corrected chi connectivity index (χ0v) is 29.0. The summed E-state index contributed by atoms with van der Waals surface area (Å²) in [5.74, 6) is 0. The Morgan fingerprint density at radius 3 is 2.09 bits per heavy atom. The van der Waals surface area contributed by atoms with Gasteiger partial charge < -0.3 is 8.97 Å². The van der Waals surface area contributed by atoms with Gasteiger partial charge >= 0.3 is 0 Å². The lowest BCUT2D eigenvalue weighted by atomic mass is 9.92. The first-order valence-electron chi connectivity index (χ1n) is 18.0. The van der Waals surface area contributed by atoms with Gasteiger partial charge in [-0.05, 0) is 51.7 Å². The average Bonchev–Trinajstić information content (AvgIpc) is 3.96. The molecule has 0 aliphatic rings. The smallest absolute Gasteiger partial charge is 0.127 e. The van der Waals surface area contributed by atoms with Crippen molar-refractivity contribution in [3.8, 4) is 27.9 Å². The lowest BCUT2D eigenvalue weighted by Gasteiger charge is -2.15. The second-order valence-corrected chi connectivity index (χ2v) is 15.1. The second-order valence-electron chi connectivity index (χ2n) is 14.1. The zero-order valence-electron chi connectivity index (χ0n) is 28.2. The third-order valence-electron chi connectivity index (χ3n) is 11.6. The van der Waals surface area contributed by atoms with Crippen LogP contribution in [-0.2, 0) is 0 Å². The maximum atomic E-state index is 4.79. The van der Waals surface area contributed by atoms with E-state index in [0.717, 1.165) is 10.2 Å². The Bertz CT molecular complexity index is 3620. The normalized spacial score (nSPS) is 12.5. The maximum absolute atomic E-state index is 4.79. The molecule has 0 amide bonds. The van der Waals surface area contributed by atoms with Crippen LogP contribution in [0.5, 0.6) is 0 Å². The van der Waals surface area contributed by atoms with E-state index in [1.54, 1.807) is 17.7 Å². The SMILES string of the molecule is c1ccc(-c2ccc(-c3cc4c5c6c(cc7ccccc7c6n6c7ccccc7c3c56)n4-c3cccc4ccccc34)c3sc4ncncc4c23)cc1. The van der Waals surface area contributed by atoms with Crippen LogP contribution >= 0.6 is 11.3 Å². The molecule has 5 heterocycles. The van der Waals surface area contributed by atoms with E-state index in [2.05, 4.69) is 160 Å². The molecule has 0 aliphatic heterocycles. The number of fused-ring (bicyclic) bond motifs is 10. The van der Waals surface area contributed by atoms with Crippen LogP contribution in [0.2, 0.25) is 0 Å². The largest absolute Gasteiger partial charge is 0.308 e. The van der Waals surface area contributed by atoms with Crippen molar-refractivity contribution in [2.45, 2.75) is 0 Å². The molecule has 5 heteroatoms. The highest BCUT2D eigenvalue weighted by molar-refractivity contribution is 7.26. The van der Waals surface area contributed by atoms with Crippen LogP contribution in [0.1, 0.15) is 0 Å². The molecule has 0 N–H and O–H groups in total. The molecule has 0 spiro atoms. The summed E-state index contributed by atoms with van der Waals surface area (Å²) in [7, 11) is 0. The third-order valence-corrected chi connectivity index (χ3v) is 12.7. The van der Waals surface area contributed by atoms with Gasteiger partial charge in [-0.25, -0.2) is 9.97 Å². The molecule has 0 fully saturated rings. The third kappa shape index (κ3) is 3.45. The second kappa shape index (κ2) is 9.94. The van der Waals surface area contributed by atoms with Crippen molar-refractivity contribution < 1.29 is 0 Å². The molecule has 244 valence electrons. The fraction of sp³-hybridized carbons (Fsp3) is 0. The maximum Gasteiger partial charge on any atom is 0.127 e. The number of hydrogen-bond acceptors (Lipinski definition) is 3. The van der Waals surface area contributed by atoms with Gasteiger partial charge in [-0.2, -0.15) is 0 Å². The topological polar surface area (TPSA) is 35.1 Å². The van der Waals surface area contributed by atoms with Gasteiger partial charge in [0.15, 0.2) is 0 Å². The molecule has 0 aliphatic carbocycles. The van der Waals surface area contributed by atoms with Crippen LogP contribution in [0, 0.1) is 0 Å². The summed E-state index contributed by atoms with van der Waals surface area (Å²) in [4.78, 5) is 10.3. The summed E-state index contributed by atoms with van der Waals surface area (Å²) in [6.07, 6.45) is 3.66. The predicted octanol–water partition coefficient (Wildman–Crippen LogP) is 13.0. The Kier molecular flexibility index (Phi) is 5.22. The molecule has 13 rings (SSSR count). The number of rotatable bonds is 3. The molecular formula is C48H26N4S. The summed E-state index contributed by atoms with van der Waals surface area (Å²) in [5, 5.41) is 12.5. The van der Waals surface area contributed by atoms with E-state index >= 15 is 0 Å². The molecule has 0 atom stereocenters. The van der Waals surface area contributed by atoms with Gasteiger partial charge in [0, 0.05) is 59.6 Å². The lowest BCUT2D eigenvalue weighted by Crippen LogP contribution is -1.97. The van der Waals surface area contributed by atoms with E-state index in [9.17, 15) is 0 Å². The van der Waals surface area contributed by atoms with Gasteiger partial charge in [0.05, 0.1) is 33.3 Å². The quantitative estimate of drug-likeness (QED) is 0.185. The molecule has 0 saturated carbocycles. The fourth-order valence-electron chi connectivity index (χ4n) is 9.48. The van der Waals surface area contributed by atoms with Crippen molar-refractivity contribution in [3.63, 3.8) is 0 Å². The molecule has 0 bridgehead atoms. The van der Waals surface area contributed by atoms with Crippen molar-refractivity contribution >= 4 is 102 Å². The van der Waals surface area contributed by atoms with Crippen molar-refractivity contribution in [2.24, 2.45) is 0 Å². The summed E-state index contributed by atoms with van der Waals surface area (Å²) in [5.41, 5.74) is 12.3.